The topological polar surface area (TPSA) is 29.9 Å². The Bertz CT molecular complexity index is 461. The Morgan fingerprint density at radius 1 is 1.20 bits per heavy atom. The maximum Gasteiger partial charge on any atom is 0.203 e. The molecule has 0 amide bonds. The Morgan fingerprint density at radius 2 is 2.05 bits per heavy atom. The summed E-state index contributed by atoms with van der Waals surface area (Å²) in [5.74, 6) is 4.01. The van der Waals surface area contributed by atoms with Crippen molar-refractivity contribution in [3.05, 3.63) is 12.4 Å². The summed E-state index contributed by atoms with van der Waals surface area (Å²) in [6, 6.07) is 1.26. The van der Waals surface area contributed by atoms with Crippen molar-refractivity contribution in [2.24, 2.45) is 17.8 Å². The molecule has 3 aliphatic rings. The Balaban J connectivity index is 1.48. The van der Waals surface area contributed by atoms with E-state index >= 15 is 0 Å². The first-order chi connectivity index (χ1) is 9.81. The normalized spacial score (nSPS) is 34.8. The smallest absolute Gasteiger partial charge is 0.203 e. The lowest BCUT2D eigenvalue weighted by atomic mass is 9.84. The van der Waals surface area contributed by atoms with E-state index < -0.39 is 0 Å². The van der Waals surface area contributed by atoms with E-state index in [9.17, 15) is 0 Å². The lowest BCUT2D eigenvalue weighted by Crippen LogP contribution is -2.25. The molecular weight excluding hydrogens is 246 g/mol. The summed E-state index contributed by atoms with van der Waals surface area (Å²) in [5.41, 5.74) is 0. The largest absolute Gasteiger partial charge is 0.353 e. The van der Waals surface area contributed by atoms with Crippen molar-refractivity contribution in [3.8, 4) is 0 Å². The van der Waals surface area contributed by atoms with Crippen molar-refractivity contribution < 1.29 is 0 Å². The van der Waals surface area contributed by atoms with E-state index in [0.29, 0.717) is 12.1 Å². The molecule has 2 bridgehead atoms. The lowest BCUT2D eigenvalue weighted by Gasteiger charge is -2.30. The molecule has 1 N–H and O–H groups in total. The van der Waals surface area contributed by atoms with Gasteiger partial charge in [-0.2, -0.15) is 0 Å². The SMILES string of the molecule is CC(C1CC2CCC1C2)n1ccnc1NC1CCCC1. The zero-order valence-corrected chi connectivity index (χ0v) is 12.6. The van der Waals surface area contributed by atoms with Crippen LogP contribution in [0.4, 0.5) is 5.95 Å². The van der Waals surface area contributed by atoms with Crippen LogP contribution in [-0.4, -0.2) is 15.6 Å². The molecule has 0 spiro atoms. The van der Waals surface area contributed by atoms with E-state index in [0.717, 1.165) is 23.7 Å². The molecule has 4 atom stereocenters. The summed E-state index contributed by atoms with van der Waals surface area (Å²) in [5, 5.41) is 3.69. The quantitative estimate of drug-likeness (QED) is 0.889. The van der Waals surface area contributed by atoms with Crippen LogP contribution in [0.15, 0.2) is 12.4 Å². The molecule has 3 aliphatic carbocycles. The van der Waals surface area contributed by atoms with E-state index in [1.807, 2.05) is 6.20 Å². The molecule has 1 aromatic rings. The van der Waals surface area contributed by atoms with Gasteiger partial charge in [-0.25, -0.2) is 4.98 Å². The van der Waals surface area contributed by atoms with Gasteiger partial charge in [-0.05, 0) is 56.8 Å². The van der Waals surface area contributed by atoms with Crippen LogP contribution in [0.1, 0.15) is 64.3 Å². The van der Waals surface area contributed by atoms with Crippen molar-refractivity contribution in [2.45, 2.75) is 70.4 Å². The fourth-order valence-corrected chi connectivity index (χ4v) is 5.10. The number of nitrogens with one attached hydrogen (secondary N) is 1. The minimum atomic E-state index is 0.608. The average Bonchev–Trinajstić information content (AvgIpc) is 3.23. The first-order valence-corrected chi connectivity index (χ1v) is 8.60. The number of nitrogens with zero attached hydrogens (tertiary/aromatic N) is 2. The third-order valence-corrected chi connectivity index (χ3v) is 6.21. The number of rotatable bonds is 4. The maximum atomic E-state index is 4.59. The molecule has 0 saturated heterocycles. The fraction of sp³-hybridized carbons (Fsp3) is 0.824. The lowest BCUT2D eigenvalue weighted by molar-refractivity contribution is 0.244. The van der Waals surface area contributed by atoms with Gasteiger partial charge >= 0.3 is 0 Å². The molecule has 0 aromatic carbocycles. The Morgan fingerprint density at radius 3 is 2.75 bits per heavy atom. The standard InChI is InChI=1S/C17H27N3/c1-12(16-11-13-6-7-14(16)10-13)20-9-8-18-17(20)19-15-4-2-3-5-15/h8-9,12-16H,2-7,10-11H2,1H3,(H,18,19). The predicted molar refractivity (Wildman–Crippen MR) is 81.8 cm³/mol. The van der Waals surface area contributed by atoms with Crippen LogP contribution < -0.4 is 5.32 Å². The summed E-state index contributed by atoms with van der Waals surface area (Å²) in [7, 11) is 0. The van der Waals surface area contributed by atoms with Crippen molar-refractivity contribution >= 4 is 5.95 Å². The summed E-state index contributed by atoms with van der Waals surface area (Å²) in [6.45, 7) is 2.41. The number of aromatic nitrogens is 2. The zero-order valence-electron chi connectivity index (χ0n) is 12.6. The van der Waals surface area contributed by atoms with Crippen LogP contribution in [0.2, 0.25) is 0 Å². The Kier molecular flexibility index (Phi) is 3.24. The summed E-state index contributed by atoms with van der Waals surface area (Å²) < 4.78 is 2.42. The summed E-state index contributed by atoms with van der Waals surface area (Å²) >= 11 is 0. The van der Waals surface area contributed by atoms with Gasteiger partial charge in [0.1, 0.15) is 0 Å². The Labute approximate surface area is 122 Å². The highest BCUT2D eigenvalue weighted by molar-refractivity contribution is 5.29. The number of hydrogen-bond acceptors (Lipinski definition) is 2. The van der Waals surface area contributed by atoms with Gasteiger partial charge in [0.05, 0.1) is 0 Å². The van der Waals surface area contributed by atoms with Gasteiger partial charge in [0.2, 0.25) is 5.95 Å². The van der Waals surface area contributed by atoms with Gasteiger partial charge in [-0.1, -0.05) is 19.3 Å². The van der Waals surface area contributed by atoms with Crippen LogP contribution in [0, 0.1) is 17.8 Å². The van der Waals surface area contributed by atoms with Crippen LogP contribution in [0.3, 0.4) is 0 Å². The van der Waals surface area contributed by atoms with Crippen LogP contribution in [-0.2, 0) is 0 Å². The molecule has 4 rings (SSSR count). The van der Waals surface area contributed by atoms with Crippen molar-refractivity contribution in [2.75, 3.05) is 5.32 Å². The highest BCUT2D eigenvalue weighted by Crippen LogP contribution is 2.52. The van der Waals surface area contributed by atoms with Crippen LogP contribution in [0.5, 0.6) is 0 Å². The molecule has 20 heavy (non-hydrogen) atoms. The molecule has 0 aliphatic heterocycles. The third-order valence-electron chi connectivity index (χ3n) is 6.21. The van der Waals surface area contributed by atoms with Gasteiger partial charge < -0.3 is 9.88 Å². The van der Waals surface area contributed by atoms with E-state index in [4.69, 9.17) is 0 Å². The predicted octanol–water partition coefficient (Wildman–Crippen LogP) is 4.23. The number of imidazole rings is 1. The minimum absolute atomic E-state index is 0.608. The number of fused-ring (bicyclic) bond motifs is 2. The molecular formula is C17H27N3. The number of anilines is 1. The van der Waals surface area contributed by atoms with E-state index in [-0.39, 0.29) is 0 Å². The first kappa shape index (κ1) is 12.7. The number of hydrogen-bond donors (Lipinski definition) is 1. The second kappa shape index (κ2) is 5.09. The van der Waals surface area contributed by atoms with Crippen molar-refractivity contribution in [1.29, 1.82) is 0 Å². The molecule has 3 fully saturated rings. The maximum absolute atomic E-state index is 4.59. The summed E-state index contributed by atoms with van der Waals surface area (Å²) in [6.07, 6.45) is 15.5. The molecule has 4 unspecified atom stereocenters. The zero-order chi connectivity index (χ0) is 13.5. The Hall–Kier alpha value is -0.990. The molecule has 1 heterocycles. The van der Waals surface area contributed by atoms with Crippen LogP contribution in [0.25, 0.3) is 0 Å². The average molecular weight is 273 g/mol. The fourth-order valence-electron chi connectivity index (χ4n) is 5.10. The van der Waals surface area contributed by atoms with Gasteiger partial charge in [-0.15, -0.1) is 0 Å². The van der Waals surface area contributed by atoms with Gasteiger partial charge in [0, 0.05) is 24.5 Å². The van der Waals surface area contributed by atoms with Gasteiger partial charge in [-0.3, -0.25) is 0 Å². The molecule has 110 valence electrons. The highest BCUT2D eigenvalue weighted by atomic mass is 15.2. The summed E-state index contributed by atoms with van der Waals surface area (Å²) in [4.78, 5) is 4.59. The molecule has 3 nitrogen and oxygen atoms in total. The molecule has 3 heteroatoms. The van der Waals surface area contributed by atoms with Crippen molar-refractivity contribution in [1.82, 2.24) is 9.55 Å². The second-order valence-electron chi connectivity index (χ2n) is 7.36. The van der Waals surface area contributed by atoms with E-state index in [1.54, 1.807) is 0 Å². The second-order valence-corrected chi connectivity index (χ2v) is 7.36. The molecule has 1 aromatic heterocycles. The monoisotopic (exact) mass is 273 g/mol. The third kappa shape index (κ3) is 2.15. The van der Waals surface area contributed by atoms with E-state index in [2.05, 4.69) is 28.0 Å². The van der Waals surface area contributed by atoms with Crippen molar-refractivity contribution in [3.63, 3.8) is 0 Å². The first-order valence-electron chi connectivity index (χ1n) is 8.60. The molecule has 3 saturated carbocycles. The van der Waals surface area contributed by atoms with Gasteiger partial charge in [0.25, 0.3) is 0 Å². The minimum Gasteiger partial charge on any atom is -0.353 e. The highest BCUT2D eigenvalue weighted by Gasteiger charge is 2.42. The molecule has 0 radical (unpaired) electrons. The van der Waals surface area contributed by atoms with Crippen LogP contribution >= 0.6 is 0 Å². The van der Waals surface area contributed by atoms with E-state index in [1.165, 1.54) is 51.4 Å². The van der Waals surface area contributed by atoms with Gasteiger partial charge in [0.15, 0.2) is 0 Å².